The monoisotopic (exact) mass is 306 g/mol. The first-order chi connectivity index (χ1) is 10.0. The predicted octanol–water partition coefficient (Wildman–Crippen LogP) is 3.64. The van der Waals surface area contributed by atoms with E-state index in [4.69, 9.17) is 17.0 Å². The van der Waals surface area contributed by atoms with E-state index in [1.165, 1.54) is 0 Å². The predicted molar refractivity (Wildman–Crippen MR) is 90.6 cm³/mol. The number of nitrogens with one attached hydrogen (secondary N) is 2. The Hall–Kier alpha value is -1.88. The van der Waals surface area contributed by atoms with Crippen LogP contribution in [0.3, 0.4) is 0 Å². The second-order valence-corrected chi connectivity index (χ2v) is 5.26. The summed E-state index contributed by atoms with van der Waals surface area (Å²) in [5.74, 6) is 0.598. The minimum absolute atomic E-state index is 0.0744. The minimum Gasteiger partial charge on any atom is -0.487 e. The number of anilines is 1. The molecule has 0 radical (unpaired) electrons. The molecular weight excluding hydrogens is 284 g/mol. The molecular formula is C16H22N2O2S. The largest absolute Gasteiger partial charge is 0.487 e. The van der Waals surface area contributed by atoms with E-state index < -0.39 is 0 Å². The van der Waals surface area contributed by atoms with Crippen LogP contribution in [0.25, 0.3) is 0 Å². The van der Waals surface area contributed by atoms with Crippen LogP contribution in [0.5, 0.6) is 5.75 Å². The molecule has 1 rings (SSSR count). The number of amides is 1. The van der Waals surface area contributed by atoms with Crippen LogP contribution in [-0.2, 0) is 4.79 Å². The van der Waals surface area contributed by atoms with Gasteiger partial charge in [0.2, 0.25) is 5.91 Å². The van der Waals surface area contributed by atoms with Crippen LogP contribution in [0.4, 0.5) is 5.69 Å². The summed E-state index contributed by atoms with van der Waals surface area (Å²) < 4.78 is 5.63. The number of carbonyl (C=O) groups excluding carboxylic acids is 1. The normalized spacial score (nSPS) is 9.81. The molecule has 0 aromatic heterocycles. The van der Waals surface area contributed by atoms with E-state index in [0.717, 1.165) is 24.1 Å². The summed E-state index contributed by atoms with van der Waals surface area (Å²) in [5.41, 5.74) is 1.65. The average Bonchev–Trinajstić information content (AvgIpc) is 2.44. The molecule has 1 amide bonds. The van der Waals surface area contributed by atoms with Crippen LogP contribution in [0.2, 0.25) is 0 Å². The zero-order valence-corrected chi connectivity index (χ0v) is 13.4. The number of para-hydroxylation sites is 2. The smallest absolute Gasteiger partial charge is 0.226 e. The summed E-state index contributed by atoms with van der Waals surface area (Å²) in [4.78, 5) is 11.6. The Kier molecular flexibility index (Phi) is 7.46. The van der Waals surface area contributed by atoms with Gasteiger partial charge in [0, 0.05) is 6.42 Å². The second-order valence-electron chi connectivity index (χ2n) is 4.85. The summed E-state index contributed by atoms with van der Waals surface area (Å²) in [6.07, 6.45) is 2.31. The number of hydrogen-bond acceptors (Lipinski definition) is 3. The highest BCUT2D eigenvalue weighted by Crippen LogP contribution is 2.24. The van der Waals surface area contributed by atoms with Crippen molar-refractivity contribution in [3.8, 4) is 5.75 Å². The van der Waals surface area contributed by atoms with Crippen molar-refractivity contribution in [1.82, 2.24) is 5.32 Å². The lowest BCUT2D eigenvalue weighted by molar-refractivity contribution is -0.119. The van der Waals surface area contributed by atoms with Crippen molar-refractivity contribution >= 4 is 28.9 Å². The zero-order valence-electron chi connectivity index (χ0n) is 12.6. The molecule has 0 bridgehead atoms. The maximum absolute atomic E-state index is 11.6. The summed E-state index contributed by atoms with van der Waals surface area (Å²) in [6.45, 7) is 8.18. The van der Waals surface area contributed by atoms with E-state index >= 15 is 0 Å². The van der Waals surface area contributed by atoms with Gasteiger partial charge in [-0.2, -0.15) is 0 Å². The number of thiocarbonyl (C=S) groups is 1. The number of benzene rings is 1. The number of rotatable bonds is 7. The van der Waals surface area contributed by atoms with Gasteiger partial charge in [-0.1, -0.05) is 32.1 Å². The van der Waals surface area contributed by atoms with Gasteiger partial charge in [0.15, 0.2) is 5.11 Å². The molecule has 2 N–H and O–H groups in total. The standard InChI is InChI=1S/C16H22N2O2S/c1-4-5-10-15(19)18-16(21)17-13-8-6-7-9-14(13)20-11-12(2)3/h6-9H,2,4-5,10-11H2,1,3H3,(H2,17,18,19,21). The molecule has 0 spiro atoms. The zero-order chi connectivity index (χ0) is 15.7. The molecule has 0 saturated carbocycles. The fourth-order valence-electron chi connectivity index (χ4n) is 1.58. The third-order valence-electron chi connectivity index (χ3n) is 2.62. The van der Waals surface area contributed by atoms with Crippen molar-refractivity contribution < 1.29 is 9.53 Å². The maximum atomic E-state index is 11.6. The fourth-order valence-corrected chi connectivity index (χ4v) is 1.80. The van der Waals surface area contributed by atoms with Crippen molar-refractivity contribution in [1.29, 1.82) is 0 Å². The molecule has 0 fully saturated rings. The van der Waals surface area contributed by atoms with Crippen molar-refractivity contribution in [2.24, 2.45) is 0 Å². The molecule has 0 aliphatic heterocycles. The van der Waals surface area contributed by atoms with E-state index in [-0.39, 0.29) is 11.0 Å². The van der Waals surface area contributed by atoms with Gasteiger partial charge in [0.05, 0.1) is 5.69 Å². The lowest BCUT2D eigenvalue weighted by atomic mass is 10.2. The maximum Gasteiger partial charge on any atom is 0.226 e. The minimum atomic E-state index is -0.0744. The van der Waals surface area contributed by atoms with Gasteiger partial charge in [-0.3, -0.25) is 4.79 Å². The molecule has 1 aromatic rings. The third-order valence-corrected chi connectivity index (χ3v) is 2.82. The Labute approximate surface area is 131 Å². The van der Waals surface area contributed by atoms with Crippen molar-refractivity contribution in [2.45, 2.75) is 33.1 Å². The van der Waals surface area contributed by atoms with Gasteiger partial charge in [0.1, 0.15) is 12.4 Å². The molecule has 0 heterocycles. The highest BCUT2D eigenvalue weighted by atomic mass is 32.1. The lowest BCUT2D eigenvalue weighted by Crippen LogP contribution is -2.34. The first kappa shape index (κ1) is 17.2. The average molecular weight is 306 g/mol. The van der Waals surface area contributed by atoms with Gasteiger partial charge < -0.3 is 15.4 Å². The van der Waals surface area contributed by atoms with Gasteiger partial charge >= 0.3 is 0 Å². The molecule has 4 nitrogen and oxygen atoms in total. The Balaban J connectivity index is 2.59. The summed E-state index contributed by atoms with van der Waals surface area (Å²) in [6, 6.07) is 7.43. The Bertz CT molecular complexity index is 515. The molecule has 0 unspecified atom stereocenters. The van der Waals surface area contributed by atoms with Crippen LogP contribution in [0.15, 0.2) is 36.4 Å². The Morgan fingerprint density at radius 3 is 2.76 bits per heavy atom. The second kappa shape index (κ2) is 9.13. The van der Waals surface area contributed by atoms with E-state index in [0.29, 0.717) is 18.8 Å². The summed E-state index contributed by atoms with van der Waals surface area (Å²) >= 11 is 5.14. The number of unbranched alkanes of at least 4 members (excludes halogenated alkanes) is 1. The first-order valence-electron chi connectivity index (χ1n) is 7.00. The molecule has 0 saturated heterocycles. The van der Waals surface area contributed by atoms with Gasteiger partial charge in [-0.15, -0.1) is 0 Å². The SMILES string of the molecule is C=C(C)COc1ccccc1NC(=S)NC(=O)CCCC. The molecule has 21 heavy (non-hydrogen) atoms. The number of ether oxygens (including phenoxy) is 1. The number of hydrogen-bond donors (Lipinski definition) is 2. The topological polar surface area (TPSA) is 50.4 Å². The van der Waals surface area contributed by atoms with E-state index in [1.807, 2.05) is 38.1 Å². The van der Waals surface area contributed by atoms with Crippen LogP contribution < -0.4 is 15.4 Å². The van der Waals surface area contributed by atoms with Gasteiger partial charge in [0.25, 0.3) is 0 Å². The van der Waals surface area contributed by atoms with Crippen molar-refractivity contribution in [2.75, 3.05) is 11.9 Å². The van der Waals surface area contributed by atoms with E-state index in [9.17, 15) is 4.79 Å². The van der Waals surface area contributed by atoms with E-state index in [2.05, 4.69) is 17.2 Å². The van der Waals surface area contributed by atoms with Crippen LogP contribution in [-0.4, -0.2) is 17.6 Å². The van der Waals surface area contributed by atoms with Gasteiger partial charge in [-0.25, -0.2) is 0 Å². The molecule has 0 aliphatic carbocycles. The van der Waals surface area contributed by atoms with Crippen LogP contribution in [0, 0.1) is 0 Å². The lowest BCUT2D eigenvalue weighted by Gasteiger charge is -2.14. The quantitative estimate of drug-likeness (QED) is 0.596. The molecule has 5 heteroatoms. The highest BCUT2D eigenvalue weighted by Gasteiger charge is 2.07. The Morgan fingerprint density at radius 2 is 2.10 bits per heavy atom. The molecule has 114 valence electrons. The molecule has 0 aliphatic rings. The highest BCUT2D eigenvalue weighted by molar-refractivity contribution is 7.80. The molecule has 0 atom stereocenters. The summed E-state index contributed by atoms with van der Waals surface area (Å²) in [7, 11) is 0. The summed E-state index contributed by atoms with van der Waals surface area (Å²) in [5, 5.41) is 5.93. The first-order valence-corrected chi connectivity index (χ1v) is 7.40. The molecule has 1 aromatic carbocycles. The van der Waals surface area contributed by atoms with Crippen LogP contribution in [0.1, 0.15) is 33.1 Å². The van der Waals surface area contributed by atoms with Gasteiger partial charge in [-0.05, 0) is 43.3 Å². The number of carbonyl (C=O) groups is 1. The Morgan fingerprint density at radius 1 is 1.38 bits per heavy atom. The van der Waals surface area contributed by atoms with Crippen molar-refractivity contribution in [3.63, 3.8) is 0 Å². The van der Waals surface area contributed by atoms with E-state index in [1.54, 1.807) is 0 Å². The third kappa shape index (κ3) is 6.90. The van der Waals surface area contributed by atoms with Crippen molar-refractivity contribution in [3.05, 3.63) is 36.4 Å². The fraction of sp³-hybridized carbons (Fsp3) is 0.375. The van der Waals surface area contributed by atoms with Crippen LogP contribution >= 0.6 is 12.2 Å².